The highest BCUT2D eigenvalue weighted by molar-refractivity contribution is 6.31. The van der Waals surface area contributed by atoms with E-state index in [-0.39, 0.29) is 30.3 Å². The molecule has 1 amide bonds. The van der Waals surface area contributed by atoms with Crippen LogP contribution in [0, 0.1) is 11.8 Å². The molecule has 0 saturated heterocycles. The van der Waals surface area contributed by atoms with Gasteiger partial charge in [-0.05, 0) is 29.9 Å². The molecule has 1 aromatic rings. The predicted molar refractivity (Wildman–Crippen MR) is 71.6 cm³/mol. The van der Waals surface area contributed by atoms with Crippen LogP contribution in [-0.4, -0.2) is 24.2 Å². The Bertz CT molecular complexity index is 436. The van der Waals surface area contributed by atoms with Gasteiger partial charge in [0.2, 0.25) is 5.91 Å². The molecule has 4 heteroatoms. The molecule has 1 aliphatic carbocycles. The Hall–Kier alpha value is -1.06. The molecule has 3 atom stereocenters. The van der Waals surface area contributed by atoms with Crippen molar-refractivity contribution in [3.63, 3.8) is 0 Å². The molecule has 0 bridgehead atoms. The number of hydrogen-bond donors (Lipinski definition) is 2. The van der Waals surface area contributed by atoms with E-state index in [1.165, 1.54) is 0 Å². The van der Waals surface area contributed by atoms with Gasteiger partial charge in [-0.25, -0.2) is 0 Å². The minimum Gasteiger partial charge on any atom is -0.396 e. The number of nitrogens with one attached hydrogen (secondary N) is 1. The Morgan fingerprint density at radius 2 is 2.28 bits per heavy atom. The summed E-state index contributed by atoms with van der Waals surface area (Å²) in [5, 5.41) is 12.5. The van der Waals surface area contributed by atoms with Gasteiger partial charge in [0, 0.05) is 24.1 Å². The first-order chi connectivity index (χ1) is 8.63. The van der Waals surface area contributed by atoms with E-state index in [2.05, 4.69) is 5.32 Å². The van der Waals surface area contributed by atoms with Crippen molar-refractivity contribution in [1.29, 1.82) is 0 Å². The van der Waals surface area contributed by atoms with Gasteiger partial charge in [-0.1, -0.05) is 36.7 Å². The molecule has 2 N–H and O–H groups in total. The Kier molecular flexibility index (Phi) is 4.25. The van der Waals surface area contributed by atoms with Crippen LogP contribution in [0.5, 0.6) is 0 Å². The zero-order valence-electron chi connectivity index (χ0n) is 10.4. The van der Waals surface area contributed by atoms with Crippen molar-refractivity contribution in [3.05, 3.63) is 34.9 Å². The first-order valence-electron chi connectivity index (χ1n) is 6.26. The third kappa shape index (κ3) is 3.03. The molecule has 0 heterocycles. The fourth-order valence-electron chi connectivity index (χ4n) is 2.07. The molecule has 1 aromatic carbocycles. The highest BCUT2D eigenvalue weighted by Gasteiger charge is 2.44. The van der Waals surface area contributed by atoms with Crippen molar-refractivity contribution in [3.8, 4) is 0 Å². The Balaban J connectivity index is 1.88. The van der Waals surface area contributed by atoms with Crippen LogP contribution >= 0.6 is 11.6 Å². The molecule has 3 unspecified atom stereocenters. The fraction of sp³-hybridized carbons (Fsp3) is 0.500. The van der Waals surface area contributed by atoms with Crippen molar-refractivity contribution < 1.29 is 9.90 Å². The maximum absolute atomic E-state index is 11.9. The molecule has 3 nitrogen and oxygen atoms in total. The number of carbonyl (C=O) groups excluding carboxylic acids is 1. The lowest BCUT2D eigenvalue weighted by Gasteiger charge is -2.09. The molecule has 1 fully saturated rings. The number of hydrogen-bond acceptors (Lipinski definition) is 2. The highest BCUT2D eigenvalue weighted by atomic mass is 35.5. The van der Waals surface area contributed by atoms with E-state index in [0.29, 0.717) is 6.54 Å². The second kappa shape index (κ2) is 5.72. The smallest absolute Gasteiger partial charge is 0.223 e. The van der Waals surface area contributed by atoms with Gasteiger partial charge < -0.3 is 10.4 Å². The number of amides is 1. The summed E-state index contributed by atoms with van der Waals surface area (Å²) in [7, 11) is 0. The number of aliphatic hydroxyl groups is 1. The van der Waals surface area contributed by atoms with Crippen molar-refractivity contribution in [2.75, 3.05) is 13.2 Å². The minimum atomic E-state index is 0.0378. The zero-order valence-corrected chi connectivity index (χ0v) is 11.2. The molecule has 1 saturated carbocycles. The van der Waals surface area contributed by atoms with Crippen LogP contribution in [-0.2, 0) is 4.79 Å². The second-order valence-electron chi connectivity index (χ2n) is 5.00. The van der Waals surface area contributed by atoms with Gasteiger partial charge in [0.25, 0.3) is 0 Å². The van der Waals surface area contributed by atoms with Gasteiger partial charge in [-0.2, -0.15) is 0 Å². The summed E-state index contributed by atoms with van der Waals surface area (Å²) in [6.45, 7) is 2.53. The van der Waals surface area contributed by atoms with E-state index in [1.807, 2.05) is 31.2 Å². The first kappa shape index (κ1) is 13.4. The molecular weight excluding hydrogens is 250 g/mol. The average molecular weight is 268 g/mol. The summed E-state index contributed by atoms with van der Waals surface area (Å²) in [6, 6.07) is 7.68. The topological polar surface area (TPSA) is 49.3 Å². The van der Waals surface area contributed by atoms with E-state index >= 15 is 0 Å². The SMILES string of the molecule is CC(CO)CNC(=O)C1CC1c1ccccc1Cl. The summed E-state index contributed by atoms with van der Waals surface area (Å²) in [4.78, 5) is 11.9. The van der Waals surface area contributed by atoms with Crippen molar-refractivity contribution in [2.45, 2.75) is 19.3 Å². The lowest BCUT2D eigenvalue weighted by Crippen LogP contribution is -2.31. The summed E-state index contributed by atoms with van der Waals surface area (Å²) in [5.74, 6) is 0.464. The molecule has 0 aliphatic heterocycles. The maximum Gasteiger partial charge on any atom is 0.223 e. The summed E-state index contributed by atoms with van der Waals surface area (Å²) in [5.41, 5.74) is 1.06. The van der Waals surface area contributed by atoms with Crippen molar-refractivity contribution in [1.82, 2.24) is 5.32 Å². The molecule has 98 valence electrons. The Morgan fingerprint density at radius 1 is 1.56 bits per heavy atom. The van der Waals surface area contributed by atoms with Crippen LogP contribution in [0.4, 0.5) is 0 Å². The average Bonchev–Trinajstić information content (AvgIpc) is 3.16. The largest absolute Gasteiger partial charge is 0.396 e. The number of rotatable bonds is 5. The fourth-order valence-corrected chi connectivity index (χ4v) is 2.35. The van der Waals surface area contributed by atoms with E-state index in [0.717, 1.165) is 17.0 Å². The third-order valence-electron chi connectivity index (χ3n) is 3.37. The van der Waals surface area contributed by atoms with Crippen molar-refractivity contribution >= 4 is 17.5 Å². The van der Waals surface area contributed by atoms with Gasteiger partial charge in [0.15, 0.2) is 0 Å². The van der Waals surface area contributed by atoms with E-state index in [1.54, 1.807) is 0 Å². The molecule has 2 rings (SSSR count). The monoisotopic (exact) mass is 267 g/mol. The standard InChI is InChI=1S/C14H18ClNO2/c1-9(8-17)7-16-14(18)12-6-11(12)10-4-2-3-5-13(10)15/h2-5,9,11-12,17H,6-8H2,1H3,(H,16,18). The zero-order chi connectivity index (χ0) is 13.1. The summed E-state index contributed by atoms with van der Waals surface area (Å²) < 4.78 is 0. The van der Waals surface area contributed by atoms with Crippen LogP contribution in [0.1, 0.15) is 24.8 Å². The minimum absolute atomic E-state index is 0.0378. The van der Waals surface area contributed by atoms with Crippen LogP contribution in [0.2, 0.25) is 5.02 Å². The van der Waals surface area contributed by atoms with Gasteiger partial charge in [0.05, 0.1) is 0 Å². The normalized spacial score (nSPS) is 23.5. The molecule has 1 aliphatic rings. The number of aliphatic hydroxyl groups excluding tert-OH is 1. The van der Waals surface area contributed by atoms with E-state index in [9.17, 15) is 4.79 Å². The van der Waals surface area contributed by atoms with E-state index in [4.69, 9.17) is 16.7 Å². The van der Waals surface area contributed by atoms with Crippen molar-refractivity contribution in [2.24, 2.45) is 11.8 Å². The highest BCUT2D eigenvalue weighted by Crippen LogP contribution is 2.49. The number of carbonyl (C=O) groups is 1. The van der Waals surface area contributed by atoms with Gasteiger partial charge in [-0.15, -0.1) is 0 Å². The maximum atomic E-state index is 11.9. The molecule has 0 spiro atoms. The lowest BCUT2D eigenvalue weighted by atomic mass is 10.1. The summed E-state index contributed by atoms with van der Waals surface area (Å²) >= 11 is 6.11. The third-order valence-corrected chi connectivity index (χ3v) is 3.71. The number of halogens is 1. The quantitative estimate of drug-likeness (QED) is 0.859. The van der Waals surface area contributed by atoms with Crippen LogP contribution < -0.4 is 5.32 Å². The van der Waals surface area contributed by atoms with Crippen LogP contribution in [0.25, 0.3) is 0 Å². The molecule has 0 radical (unpaired) electrons. The second-order valence-corrected chi connectivity index (χ2v) is 5.41. The predicted octanol–water partition coefficient (Wildman–Crippen LogP) is 2.19. The van der Waals surface area contributed by atoms with Gasteiger partial charge in [0.1, 0.15) is 0 Å². The molecular formula is C14H18ClNO2. The van der Waals surface area contributed by atoms with Gasteiger partial charge >= 0.3 is 0 Å². The van der Waals surface area contributed by atoms with Crippen LogP contribution in [0.15, 0.2) is 24.3 Å². The Morgan fingerprint density at radius 3 is 2.94 bits per heavy atom. The summed E-state index contributed by atoms with van der Waals surface area (Å²) in [6.07, 6.45) is 0.864. The molecule has 18 heavy (non-hydrogen) atoms. The van der Waals surface area contributed by atoms with Gasteiger partial charge in [-0.3, -0.25) is 4.79 Å². The molecule has 0 aromatic heterocycles. The first-order valence-corrected chi connectivity index (χ1v) is 6.64. The lowest BCUT2D eigenvalue weighted by molar-refractivity contribution is -0.122. The Labute approximate surface area is 112 Å². The van der Waals surface area contributed by atoms with Crippen LogP contribution in [0.3, 0.4) is 0 Å². The van der Waals surface area contributed by atoms with E-state index < -0.39 is 0 Å². The number of benzene rings is 1.